The summed E-state index contributed by atoms with van der Waals surface area (Å²) in [5.41, 5.74) is 3.86. The fourth-order valence-electron chi connectivity index (χ4n) is 7.13. The van der Waals surface area contributed by atoms with Gasteiger partial charge in [-0.15, -0.1) is 0 Å². The number of ether oxygens (including phenoxy) is 4. The highest BCUT2D eigenvalue weighted by atomic mass is 16.7. The van der Waals surface area contributed by atoms with Crippen molar-refractivity contribution in [1.29, 1.82) is 0 Å². The highest BCUT2D eigenvalue weighted by molar-refractivity contribution is 5.76. The van der Waals surface area contributed by atoms with E-state index in [0.29, 0.717) is 26.2 Å². The summed E-state index contributed by atoms with van der Waals surface area (Å²) >= 11 is 0. The molecule has 0 radical (unpaired) electrons. The maximum Gasteiger partial charge on any atom is 0.225 e. The van der Waals surface area contributed by atoms with Gasteiger partial charge in [-0.1, -0.05) is 44.0 Å². The van der Waals surface area contributed by atoms with Crippen molar-refractivity contribution in [3.63, 3.8) is 0 Å². The van der Waals surface area contributed by atoms with Gasteiger partial charge in [0.25, 0.3) is 0 Å². The van der Waals surface area contributed by atoms with Gasteiger partial charge >= 0.3 is 0 Å². The molecule has 1 aromatic carbocycles. The van der Waals surface area contributed by atoms with Gasteiger partial charge in [0.1, 0.15) is 5.82 Å². The molecule has 1 aromatic heterocycles. The fourth-order valence-corrected chi connectivity index (χ4v) is 7.13. The molecule has 3 heterocycles. The summed E-state index contributed by atoms with van der Waals surface area (Å²) in [6, 6.07) is 13.5. The molecule has 2 aromatic rings. The van der Waals surface area contributed by atoms with Gasteiger partial charge in [0.05, 0.1) is 38.4 Å². The predicted molar refractivity (Wildman–Crippen MR) is 176 cm³/mol. The largest absolute Gasteiger partial charge is 0.381 e. The van der Waals surface area contributed by atoms with Crippen LogP contribution in [0.5, 0.6) is 0 Å². The number of anilines is 1. The first-order chi connectivity index (χ1) is 22.0. The zero-order valence-electron chi connectivity index (χ0n) is 27.8. The summed E-state index contributed by atoms with van der Waals surface area (Å²) in [6.07, 6.45) is 10.3. The molecule has 2 aliphatic heterocycles. The Bertz CT molecular complexity index is 1190. The van der Waals surface area contributed by atoms with Crippen LogP contribution in [0.2, 0.25) is 0 Å². The number of carbonyl (C=O) groups excluding carboxylic acids is 1. The van der Waals surface area contributed by atoms with Crippen molar-refractivity contribution in [3.05, 3.63) is 59.3 Å². The minimum Gasteiger partial charge on any atom is -0.381 e. The number of hydrogen-bond acceptors (Lipinski definition) is 8. The smallest absolute Gasteiger partial charge is 0.225 e. The van der Waals surface area contributed by atoms with Crippen LogP contribution in [0.25, 0.3) is 0 Å². The Hall–Kier alpha value is -2.56. The first-order valence-electron chi connectivity index (χ1n) is 17.1. The summed E-state index contributed by atoms with van der Waals surface area (Å²) < 4.78 is 23.1. The Labute approximate surface area is 270 Å². The molecule has 9 nitrogen and oxygen atoms in total. The van der Waals surface area contributed by atoms with Crippen molar-refractivity contribution in [1.82, 2.24) is 14.8 Å². The lowest BCUT2D eigenvalue weighted by Crippen LogP contribution is -2.57. The lowest BCUT2D eigenvalue weighted by Gasteiger charge is -2.47. The van der Waals surface area contributed by atoms with Gasteiger partial charge in [0.15, 0.2) is 6.29 Å². The van der Waals surface area contributed by atoms with Crippen LogP contribution in [-0.2, 0) is 43.1 Å². The number of pyridine rings is 1. The van der Waals surface area contributed by atoms with Gasteiger partial charge in [-0.05, 0) is 67.3 Å². The van der Waals surface area contributed by atoms with E-state index in [1.165, 1.54) is 29.5 Å². The molecule has 5 rings (SSSR count). The van der Waals surface area contributed by atoms with E-state index in [2.05, 4.69) is 58.1 Å². The Morgan fingerprint density at radius 3 is 2.58 bits per heavy atom. The second-order valence-electron chi connectivity index (χ2n) is 12.9. The third-order valence-electron chi connectivity index (χ3n) is 9.91. The molecule has 2 saturated heterocycles. The van der Waals surface area contributed by atoms with Crippen molar-refractivity contribution < 1.29 is 23.7 Å². The first kappa shape index (κ1) is 33.8. The van der Waals surface area contributed by atoms with Crippen LogP contribution >= 0.6 is 0 Å². The van der Waals surface area contributed by atoms with Gasteiger partial charge in [-0.25, -0.2) is 4.98 Å². The molecule has 1 aliphatic carbocycles. The Balaban J connectivity index is 1.03. The number of piperidine rings is 1. The first-order valence-corrected chi connectivity index (χ1v) is 17.1. The number of morpholine rings is 1. The third-order valence-corrected chi connectivity index (χ3v) is 9.91. The number of amides is 1. The van der Waals surface area contributed by atoms with Gasteiger partial charge in [-0.2, -0.15) is 0 Å². The van der Waals surface area contributed by atoms with Crippen molar-refractivity contribution in [2.45, 2.75) is 89.2 Å². The van der Waals surface area contributed by atoms with Crippen LogP contribution < -0.4 is 4.90 Å². The summed E-state index contributed by atoms with van der Waals surface area (Å²) in [6.45, 7) is 9.30. The minimum atomic E-state index is -0.397. The number of carbonyl (C=O) groups is 1. The second-order valence-corrected chi connectivity index (χ2v) is 12.9. The van der Waals surface area contributed by atoms with E-state index in [0.717, 1.165) is 83.7 Å². The Morgan fingerprint density at radius 2 is 1.82 bits per heavy atom. The molecular weight excluding hydrogens is 568 g/mol. The average Bonchev–Trinajstić information content (AvgIpc) is 3.61. The summed E-state index contributed by atoms with van der Waals surface area (Å²) in [5.74, 6) is 1.21. The van der Waals surface area contributed by atoms with Gasteiger partial charge < -0.3 is 28.7 Å². The highest BCUT2D eigenvalue weighted by Crippen LogP contribution is 2.32. The van der Waals surface area contributed by atoms with Gasteiger partial charge in [0, 0.05) is 59.2 Å². The summed E-state index contributed by atoms with van der Waals surface area (Å²) in [7, 11) is 3.24. The zero-order chi connectivity index (χ0) is 31.5. The third kappa shape index (κ3) is 9.48. The number of benzene rings is 1. The van der Waals surface area contributed by atoms with Crippen molar-refractivity contribution >= 4 is 11.7 Å². The minimum absolute atomic E-state index is 0.0807. The van der Waals surface area contributed by atoms with Crippen LogP contribution in [0, 0.1) is 0 Å². The summed E-state index contributed by atoms with van der Waals surface area (Å²) in [5, 5.41) is 0. The Kier molecular flexibility index (Phi) is 12.6. The summed E-state index contributed by atoms with van der Waals surface area (Å²) in [4.78, 5) is 24.7. The van der Waals surface area contributed by atoms with Crippen molar-refractivity contribution in [2.75, 3.05) is 71.7 Å². The lowest BCUT2D eigenvalue weighted by molar-refractivity contribution is -0.150. The monoisotopic (exact) mass is 622 g/mol. The highest BCUT2D eigenvalue weighted by Gasteiger charge is 2.40. The quantitative estimate of drug-likeness (QED) is 0.206. The van der Waals surface area contributed by atoms with Gasteiger partial charge in [-0.3, -0.25) is 9.69 Å². The van der Waals surface area contributed by atoms with Crippen molar-refractivity contribution in [2.24, 2.45) is 0 Å². The number of aromatic nitrogens is 1. The molecule has 0 unspecified atom stereocenters. The number of nitrogens with zero attached hydrogens (tertiary/aromatic N) is 4. The molecule has 0 atom stereocenters. The van der Waals surface area contributed by atoms with Crippen molar-refractivity contribution in [3.8, 4) is 0 Å². The molecular formula is C36H54N4O5. The van der Waals surface area contributed by atoms with E-state index in [1.54, 1.807) is 14.2 Å². The molecule has 1 spiro atoms. The van der Waals surface area contributed by atoms with E-state index in [4.69, 9.17) is 18.9 Å². The molecule has 9 heteroatoms. The maximum absolute atomic E-state index is 13.1. The zero-order valence-corrected chi connectivity index (χ0v) is 27.8. The Morgan fingerprint density at radius 1 is 1.04 bits per heavy atom. The van der Waals surface area contributed by atoms with Crippen LogP contribution in [0.3, 0.4) is 0 Å². The molecule has 45 heavy (non-hydrogen) atoms. The van der Waals surface area contributed by atoms with E-state index in [9.17, 15) is 4.79 Å². The fraction of sp³-hybridized carbons (Fsp3) is 0.667. The number of aryl methyl sites for hydroxylation is 1. The molecule has 3 aliphatic rings. The van der Waals surface area contributed by atoms with Crippen LogP contribution in [0.4, 0.5) is 5.82 Å². The molecule has 1 amide bonds. The predicted octanol–water partition coefficient (Wildman–Crippen LogP) is 4.85. The molecule has 0 bridgehead atoms. The van der Waals surface area contributed by atoms with Crippen LogP contribution in [-0.4, -0.2) is 105 Å². The van der Waals surface area contributed by atoms with Crippen LogP contribution in [0.15, 0.2) is 42.6 Å². The van der Waals surface area contributed by atoms with E-state index in [1.807, 2.05) is 11.1 Å². The lowest BCUT2D eigenvalue weighted by atomic mass is 9.89. The standard InChI is InChI=1S/C36H54N4O5/c1-4-29-12-17-37-33(25-29)39-20-23-45-36(28-39)15-18-38(19-16-36)26-31-9-7-8-30(24-31)13-21-44-22-14-34(41)40(27-35(42-2)43-3)32-10-5-6-11-32/h7-9,12,17,24-25,32,35H,4-6,10-11,13-16,18-23,26-28H2,1-3H3. The SMILES string of the molecule is CCc1ccnc(N2CCOC3(CCN(Cc4cccc(CCOCCC(=O)N(CC(OC)OC)C5CCCC5)c4)CC3)C2)c1. The normalized spacial score (nSPS) is 19.1. The number of methoxy groups -OCH3 is 2. The second kappa shape index (κ2) is 16.8. The van der Waals surface area contributed by atoms with E-state index < -0.39 is 6.29 Å². The average molecular weight is 623 g/mol. The maximum atomic E-state index is 13.1. The van der Waals surface area contributed by atoms with Crippen LogP contribution in [0.1, 0.15) is 68.6 Å². The number of hydrogen-bond donors (Lipinski definition) is 0. The number of rotatable bonds is 15. The topological polar surface area (TPSA) is 76.6 Å². The van der Waals surface area contributed by atoms with E-state index >= 15 is 0 Å². The van der Waals surface area contributed by atoms with E-state index in [-0.39, 0.29) is 17.6 Å². The molecule has 0 N–H and O–H groups in total. The molecule has 1 saturated carbocycles. The number of likely N-dealkylation sites (tertiary alicyclic amines) is 1. The molecule has 248 valence electrons. The molecule has 3 fully saturated rings. The van der Waals surface area contributed by atoms with Gasteiger partial charge in [0.2, 0.25) is 5.91 Å².